The second-order valence-electron chi connectivity index (χ2n) is 5.70. The van der Waals surface area contributed by atoms with Crippen molar-refractivity contribution in [3.8, 4) is 0 Å². The Morgan fingerprint density at radius 1 is 1.00 bits per heavy atom. The number of aliphatic carboxylic acids is 1. The smallest absolute Gasteiger partial charge is 0.307 e. The zero-order valence-corrected chi connectivity index (χ0v) is 14.5. The summed E-state index contributed by atoms with van der Waals surface area (Å²) in [6.07, 6.45) is 11.5. The minimum atomic E-state index is -0.844. The quantitative estimate of drug-likeness (QED) is 0.408. The van der Waals surface area contributed by atoms with Crippen LogP contribution in [0.2, 0.25) is 0 Å². The number of rotatable bonds is 13. The molecule has 0 aromatic heterocycles. The Hall–Kier alpha value is -1.32. The number of amides is 1. The van der Waals surface area contributed by atoms with Crippen LogP contribution in [0.15, 0.2) is 12.2 Å². The number of carboxylic acids is 1. The van der Waals surface area contributed by atoms with E-state index >= 15 is 0 Å². The third kappa shape index (κ3) is 9.59. The van der Waals surface area contributed by atoms with E-state index in [0.29, 0.717) is 19.5 Å². The lowest BCUT2D eigenvalue weighted by atomic mass is 9.96. The molecule has 1 unspecified atom stereocenters. The summed E-state index contributed by atoms with van der Waals surface area (Å²) in [7, 11) is 0. The second kappa shape index (κ2) is 13.4. The molecule has 0 aliphatic heterocycles. The van der Waals surface area contributed by atoms with Crippen molar-refractivity contribution in [2.45, 2.75) is 72.1 Å². The molecule has 0 aliphatic rings. The van der Waals surface area contributed by atoms with Crippen molar-refractivity contribution in [3.05, 3.63) is 12.2 Å². The molecule has 0 spiro atoms. The van der Waals surface area contributed by atoms with E-state index in [1.165, 1.54) is 6.42 Å². The Bertz CT molecular complexity index is 335. The number of unbranched alkanes of at least 4 members (excludes halogenated alkanes) is 4. The number of allylic oxidation sites excluding steroid dienone is 2. The lowest BCUT2D eigenvalue weighted by Gasteiger charge is -2.21. The molecule has 128 valence electrons. The highest BCUT2D eigenvalue weighted by atomic mass is 16.4. The highest BCUT2D eigenvalue weighted by Gasteiger charge is 2.22. The molecular weight excluding hydrogens is 278 g/mol. The molecule has 0 fully saturated rings. The number of nitrogens with zero attached hydrogens (tertiary/aromatic N) is 1. The lowest BCUT2D eigenvalue weighted by Crippen LogP contribution is -2.33. The molecule has 1 amide bonds. The Kier molecular flexibility index (Phi) is 12.5. The maximum atomic E-state index is 12.0. The first-order valence-electron chi connectivity index (χ1n) is 8.72. The zero-order valence-electron chi connectivity index (χ0n) is 14.5. The van der Waals surface area contributed by atoms with Crippen LogP contribution >= 0.6 is 0 Å². The Labute approximate surface area is 135 Å². The Morgan fingerprint density at radius 3 is 2.18 bits per heavy atom. The fourth-order valence-corrected chi connectivity index (χ4v) is 2.46. The van der Waals surface area contributed by atoms with Crippen molar-refractivity contribution in [3.63, 3.8) is 0 Å². The number of hydrogen-bond acceptors (Lipinski definition) is 2. The van der Waals surface area contributed by atoms with Crippen LogP contribution in [0.3, 0.4) is 0 Å². The third-order valence-electron chi connectivity index (χ3n) is 3.93. The SMILES string of the molecule is CCC/C=C/CCCCCC(CC(=O)N(CC)CC)C(=O)O. The number of carbonyl (C=O) groups excluding carboxylic acids is 1. The van der Waals surface area contributed by atoms with Gasteiger partial charge in [-0.25, -0.2) is 0 Å². The molecule has 0 saturated heterocycles. The van der Waals surface area contributed by atoms with Gasteiger partial charge in [0.25, 0.3) is 0 Å². The van der Waals surface area contributed by atoms with E-state index < -0.39 is 11.9 Å². The molecule has 0 aromatic rings. The van der Waals surface area contributed by atoms with Crippen molar-refractivity contribution >= 4 is 11.9 Å². The summed E-state index contributed by atoms with van der Waals surface area (Å²) < 4.78 is 0. The van der Waals surface area contributed by atoms with E-state index in [4.69, 9.17) is 0 Å². The van der Waals surface area contributed by atoms with E-state index in [2.05, 4.69) is 19.1 Å². The van der Waals surface area contributed by atoms with E-state index in [0.717, 1.165) is 32.1 Å². The van der Waals surface area contributed by atoms with Gasteiger partial charge in [-0.2, -0.15) is 0 Å². The lowest BCUT2D eigenvalue weighted by molar-refractivity contribution is -0.146. The molecule has 1 N–H and O–H groups in total. The van der Waals surface area contributed by atoms with Crippen LogP contribution in [0.4, 0.5) is 0 Å². The third-order valence-corrected chi connectivity index (χ3v) is 3.93. The number of carbonyl (C=O) groups is 2. The highest BCUT2D eigenvalue weighted by Crippen LogP contribution is 2.16. The van der Waals surface area contributed by atoms with E-state index in [1.807, 2.05) is 13.8 Å². The second-order valence-corrected chi connectivity index (χ2v) is 5.70. The van der Waals surface area contributed by atoms with Gasteiger partial charge in [-0.05, 0) is 39.5 Å². The summed E-state index contributed by atoms with van der Waals surface area (Å²) in [4.78, 5) is 25.0. The first-order chi connectivity index (χ1) is 10.6. The van der Waals surface area contributed by atoms with Crippen molar-refractivity contribution < 1.29 is 14.7 Å². The van der Waals surface area contributed by atoms with Gasteiger partial charge in [0.2, 0.25) is 5.91 Å². The molecule has 4 nitrogen and oxygen atoms in total. The maximum absolute atomic E-state index is 12.0. The fraction of sp³-hybridized carbons (Fsp3) is 0.778. The number of carboxylic acid groups (broad SMARTS) is 1. The van der Waals surface area contributed by atoms with Gasteiger partial charge in [0, 0.05) is 19.5 Å². The van der Waals surface area contributed by atoms with Crippen LogP contribution in [-0.4, -0.2) is 35.0 Å². The highest BCUT2D eigenvalue weighted by molar-refractivity contribution is 5.82. The van der Waals surface area contributed by atoms with Crippen molar-refractivity contribution in [1.29, 1.82) is 0 Å². The maximum Gasteiger partial charge on any atom is 0.307 e. The predicted octanol–water partition coefficient (Wildman–Crippen LogP) is 4.25. The van der Waals surface area contributed by atoms with E-state index in [1.54, 1.807) is 4.90 Å². The summed E-state index contributed by atoms with van der Waals surface area (Å²) in [5, 5.41) is 9.27. The van der Waals surface area contributed by atoms with Crippen LogP contribution in [-0.2, 0) is 9.59 Å². The molecule has 0 aromatic carbocycles. The molecule has 4 heteroatoms. The van der Waals surface area contributed by atoms with Gasteiger partial charge in [0.05, 0.1) is 5.92 Å². The Balaban J connectivity index is 4.00. The summed E-state index contributed by atoms with van der Waals surface area (Å²) in [6, 6.07) is 0. The van der Waals surface area contributed by atoms with Gasteiger partial charge >= 0.3 is 5.97 Å². The molecule has 1 atom stereocenters. The van der Waals surface area contributed by atoms with Gasteiger partial charge in [0.15, 0.2) is 0 Å². The fourth-order valence-electron chi connectivity index (χ4n) is 2.46. The summed E-state index contributed by atoms with van der Waals surface area (Å²) in [6.45, 7) is 7.29. The number of hydrogen-bond donors (Lipinski definition) is 1. The molecule has 0 bridgehead atoms. The van der Waals surface area contributed by atoms with Crippen molar-refractivity contribution in [2.75, 3.05) is 13.1 Å². The average molecular weight is 311 g/mol. The topological polar surface area (TPSA) is 57.6 Å². The van der Waals surface area contributed by atoms with Crippen molar-refractivity contribution in [1.82, 2.24) is 4.90 Å². The summed E-state index contributed by atoms with van der Waals surface area (Å²) in [5.74, 6) is -1.42. The van der Waals surface area contributed by atoms with Gasteiger partial charge in [-0.1, -0.05) is 38.3 Å². The molecule has 0 aliphatic carbocycles. The first kappa shape index (κ1) is 20.7. The average Bonchev–Trinajstić information content (AvgIpc) is 2.49. The Morgan fingerprint density at radius 2 is 1.64 bits per heavy atom. The normalized spacial score (nSPS) is 12.5. The molecule has 0 saturated carbocycles. The van der Waals surface area contributed by atoms with Gasteiger partial charge in [0.1, 0.15) is 0 Å². The minimum absolute atomic E-state index is 0.0418. The largest absolute Gasteiger partial charge is 0.481 e. The monoisotopic (exact) mass is 311 g/mol. The van der Waals surface area contributed by atoms with Gasteiger partial charge in [-0.3, -0.25) is 9.59 Å². The molecule has 0 heterocycles. The molecule has 0 radical (unpaired) electrons. The van der Waals surface area contributed by atoms with E-state index in [-0.39, 0.29) is 12.3 Å². The van der Waals surface area contributed by atoms with Crippen LogP contribution in [0.5, 0.6) is 0 Å². The van der Waals surface area contributed by atoms with Crippen LogP contribution < -0.4 is 0 Å². The van der Waals surface area contributed by atoms with Gasteiger partial charge < -0.3 is 10.0 Å². The van der Waals surface area contributed by atoms with Gasteiger partial charge in [-0.15, -0.1) is 0 Å². The minimum Gasteiger partial charge on any atom is -0.481 e. The summed E-state index contributed by atoms with van der Waals surface area (Å²) >= 11 is 0. The van der Waals surface area contributed by atoms with E-state index in [9.17, 15) is 14.7 Å². The zero-order chi connectivity index (χ0) is 16.8. The molecule has 22 heavy (non-hydrogen) atoms. The van der Waals surface area contributed by atoms with Crippen LogP contribution in [0, 0.1) is 5.92 Å². The molecular formula is C18H33NO3. The summed E-state index contributed by atoms with van der Waals surface area (Å²) in [5.41, 5.74) is 0. The molecule has 0 rings (SSSR count). The standard InChI is InChI=1S/C18H33NO3/c1-4-7-8-9-10-11-12-13-14-16(18(21)22)15-17(20)19(5-2)6-3/h8-9,16H,4-7,10-15H2,1-3H3,(H,21,22)/b9-8+. The predicted molar refractivity (Wildman–Crippen MR) is 90.8 cm³/mol. The first-order valence-corrected chi connectivity index (χ1v) is 8.72. The van der Waals surface area contributed by atoms with Crippen molar-refractivity contribution in [2.24, 2.45) is 5.92 Å². The van der Waals surface area contributed by atoms with Crippen LogP contribution in [0.25, 0.3) is 0 Å². The van der Waals surface area contributed by atoms with Crippen LogP contribution in [0.1, 0.15) is 72.1 Å².